The van der Waals surface area contributed by atoms with E-state index in [-0.39, 0.29) is 4.75 Å². The van der Waals surface area contributed by atoms with Gasteiger partial charge in [0, 0.05) is 16.0 Å². The SMILES string of the molecule is CN(C)C1CCCC1S(C)(O)C(C)(C)C. The van der Waals surface area contributed by atoms with Crippen LogP contribution >= 0.6 is 10.3 Å². The molecular weight excluding hydrogens is 206 g/mol. The van der Waals surface area contributed by atoms with Crippen molar-refractivity contribution >= 4 is 10.3 Å². The van der Waals surface area contributed by atoms with E-state index in [0.717, 1.165) is 0 Å². The van der Waals surface area contributed by atoms with Gasteiger partial charge in [0.2, 0.25) is 0 Å². The van der Waals surface area contributed by atoms with Crippen molar-refractivity contribution in [2.75, 3.05) is 20.4 Å². The maximum atomic E-state index is 10.8. The van der Waals surface area contributed by atoms with Gasteiger partial charge in [-0.25, -0.2) is 0 Å². The Morgan fingerprint density at radius 2 is 1.73 bits per heavy atom. The van der Waals surface area contributed by atoms with Crippen LogP contribution in [0.15, 0.2) is 0 Å². The van der Waals surface area contributed by atoms with Crippen molar-refractivity contribution in [3.8, 4) is 0 Å². The van der Waals surface area contributed by atoms with E-state index in [2.05, 4.69) is 46.0 Å². The second kappa shape index (κ2) is 4.27. The lowest BCUT2D eigenvalue weighted by Crippen LogP contribution is -2.42. The molecule has 1 rings (SSSR count). The minimum atomic E-state index is -1.51. The van der Waals surface area contributed by atoms with Gasteiger partial charge >= 0.3 is 0 Å². The lowest BCUT2D eigenvalue weighted by Gasteiger charge is -2.50. The number of hydrogen-bond donors (Lipinski definition) is 1. The normalized spacial score (nSPS) is 34.1. The summed E-state index contributed by atoms with van der Waals surface area (Å²) in [5.41, 5.74) is 0. The summed E-state index contributed by atoms with van der Waals surface area (Å²) in [6.45, 7) is 6.52. The Bertz CT molecular complexity index is 220. The molecule has 0 aromatic heterocycles. The van der Waals surface area contributed by atoms with E-state index in [1.165, 1.54) is 19.3 Å². The Morgan fingerprint density at radius 1 is 1.20 bits per heavy atom. The first-order valence-corrected chi connectivity index (χ1v) is 7.89. The first-order valence-electron chi connectivity index (χ1n) is 5.83. The Kier molecular flexibility index (Phi) is 3.79. The molecule has 0 spiro atoms. The maximum absolute atomic E-state index is 10.8. The van der Waals surface area contributed by atoms with Crippen LogP contribution in [0.1, 0.15) is 40.0 Å². The predicted octanol–water partition coefficient (Wildman–Crippen LogP) is 3.18. The van der Waals surface area contributed by atoms with Crippen molar-refractivity contribution in [2.24, 2.45) is 0 Å². The van der Waals surface area contributed by atoms with Gasteiger partial charge in [0.25, 0.3) is 0 Å². The fourth-order valence-corrected chi connectivity index (χ4v) is 5.01. The van der Waals surface area contributed by atoms with E-state index < -0.39 is 10.3 Å². The fourth-order valence-electron chi connectivity index (χ4n) is 2.49. The third-order valence-corrected chi connectivity index (χ3v) is 8.12. The van der Waals surface area contributed by atoms with Crippen molar-refractivity contribution in [3.05, 3.63) is 0 Å². The average molecular weight is 233 g/mol. The molecule has 3 heteroatoms. The highest BCUT2D eigenvalue weighted by Crippen LogP contribution is 2.60. The van der Waals surface area contributed by atoms with E-state index in [9.17, 15) is 4.55 Å². The number of hydrogen-bond acceptors (Lipinski definition) is 2. The molecule has 1 aliphatic rings. The standard InChI is InChI=1S/C12H27NOS/c1-12(2,3)15(6,14)11-9-7-8-10(11)13(4)5/h10-11,14H,7-9H2,1-6H3. The van der Waals surface area contributed by atoms with Crippen LogP contribution in [0, 0.1) is 0 Å². The summed E-state index contributed by atoms with van der Waals surface area (Å²) in [7, 11) is 2.77. The first kappa shape index (κ1) is 13.3. The molecule has 0 bridgehead atoms. The van der Waals surface area contributed by atoms with E-state index in [1.54, 1.807) is 0 Å². The van der Waals surface area contributed by atoms with Gasteiger partial charge in [-0.15, -0.1) is 10.3 Å². The Balaban J connectivity index is 2.87. The van der Waals surface area contributed by atoms with Crippen LogP contribution < -0.4 is 0 Å². The van der Waals surface area contributed by atoms with Crippen molar-refractivity contribution < 1.29 is 4.55 Å². The number of rotatable bonds is 2. The van der Waals surface area contributed by atoms with Crippen LogP contribution in [-0.2, 0) is 0 Å². The van der Waals surface area contributed by atoms with Gasteiger partial charge in [-0.2, -0.15) is 0 Å². The van der Waals surface area contributed by atoms with E-state index in [1.807, 2.05) is 0 Å². The Hall–Kier alpha value is 0.270. The topological polar surface area (TPSA) is 23.5 Å². The minimum absolute atomic E-state index is 0.0380. The lowest BCUT2D eigenvalue weighted by atomic mass is 10.2. The summed E-state index contributed by atoms with van der Waals surface area (Å²) < 4.78 is 10.9. The van der Waals surface area contributed by atoms with Gasteiger partial charge in [0.15, 0.2) is 0 Å². The quantitative estimate of drug-likeness (QED) is 0.792. The van der Waals surface area contributed by atoms with Crippen LogP contribution in [0.4, 0.5) is 0 Å². The third kappa shape index (κ3) is 2.51. The maximum Gasteiger partial charge on any atom is 0.0260 e. The van der Waals surface area contributed by atoms with Crippen LogP contribution in [0.2, 0.25) is 0 Å². The zero-order valence-electron chi connectivity index (χ0n) is 11.1. The molecule has 0 heterocycles. The van der Waals surface area contributed by atoms with E-state index in [4.69, 9.17) is 0 Å². The molecule has 0 amide bonds. The van der Waals surface area contributed by atoms with E-state index in [0.29, 0.717) is 11.3 Å². The van der Waals surface area contributed by atoms with Crippen LogP contribution in [-0.4, -0.2) is 45.8 Å². The zero-order valence-corrected chi connectivity index (χ0v) is 11.9. The molecule has 0 aromatic rings. The summed E-state index contributed by atoms with van der Waals surface area (Å²) >= 11 is 0. The molecule has 92 valence electrons. The molecule has 0 radical (unpaired) electrons. The highest BCUT2D eigenvalue weighted by atomic mass is 32.3. The largest absolute Gasteiger partial charge is 0.351 e. The molecule has 1 N–H and O–H groups in total. The molecule has 0 aliphatic heterocycles. The smallest absolute Gasteiger partial charge is 0.0260 e. The third-order valence-electron chi connectivity index (χ3n) is 3.91. The highest BCUT2D eigenvalue weighted by molar-refractivity contribution is 8.30. The van der Waals surface area contributed by atoms with Crippen molar-refractivity contribution in [1.29, 1.82) is 0 Å². The van der Waals surface area contributed by atoms with Gasteiger partial charge in [0.05, 0.1) is 0 Å². The monoisotopic (exact) mass is 233 g/mol. The minimum Gasteiger partial charge on any atom is -0.351 e. The molecule has 15 heavy (non-hydrogen) atoms. The predicted molar refractivity (Wildman–Crippen MR) is 71.0 cm³/mol. The summed E-state index contributed by atoms with van der Waals surface area (Å²) in [6, 6.07) is 0.578. The molecule has 2 nitrogen and oxygen atoms in total. The molecule has 1 fully saturated rings. The summed E-state index contributed by atoms with van der Waals surface area (Å²) in [5, 5.41) is 0.493. The second-order valence-corrected chi connectivity index (χ2v) is 9.75. The average Bonchev–Trinajstić information content (AvgIpc) is 2.48. The van der Waals surface area contributed by atoms with Crippen LogP contribution in [0.25, 0.3) is 0 Å². The molecule has 3 unspecified atom stereocenters. The summed E-state index contributed by atoms with van der Waals surface area (Å²) in [4.78, 5) is 2.30. The van der Waals surface area contributed by atoms with Crippen molar-refractivity contribution in [1.82, 2.24) is 4.90 Å². The summed E-state index contributed by atoms with van der Waals surface area (Å²) in [6.07, 6.45) is 5.81. The Labute approximate surface area is 96.6 Å². The lowest BCUT2D eigenvalue weighted by molar-refractivity contribution is 0.298. The van der Waals surface area contributed by atoms with Crippen LogP contribution in [0.5, 0.6) is 0 Å². The Morgan fingerprint density at radius 3 is 2.13 bits per heavy atom. The van der Waals surface area contributed by atoms with Gasteiger partial charge in [-0.1, -0.05) is 27.2 Å². The fraction of sp³-hybridized carbons (Fsp3) is 1.00. The zero-order chi connectivity index (χ0) is 11.9. The molecule has 0 aromatic carbocycles. The first-order chi connectivity index (χ1) is 6.68. The van der Waals surface area contributed by atoms with Crippen LogP contribution in [0.3, 0.4) is 0 Å². The van der Waals surface area contributed by atoms with Crippen molar-refractivity contribution in [2.45, 2.75) is 56.1 Å². The molecule has 0 saturated heterocycles. The molecule has 1 aliphatic carbocycles. The second-order valence-electron chi connectivity index (χ2n) is 6.05. The van der Waals surface area contributed by atoms with Gasteiger partial charge in [0.1, 0.15) is 0 Å². The highest BCUT2D eigenvalue weighted by Gasteiger charge is 2.44. The van der Waals surface area contributed by atoms with E-state index >= 15 is 0 Å². The van der Waals surface area contributed by atoms with Gasteiger partial charge in [-0.05, 0) is 33.2 Å². The number of nitrogens with zero attached hydrogens (tertiary/aromatic N) is 1. The van der Waals surface area contributed by atoms with Crippen molar-refractivity contribution in [3.63, 3.8) is 0 Å². The van der Waals surface area contributed by atoms with Gasteiger partial charge in [-0.3, -0.25) is 0 Å². The molecule has 3 atom stereocenters. The summed E-state index contributed by atoms with van der Waals surface area (Å²) in [5.74, 6) is 0. The van der Waals surface area contributed by atoms with Gasteiger partial charge < -0.3 is 9.45 Å². The molecular formula is C12H27NOS. The molecule has 1 saturated carbocycles.